The van der Waals surface area contributed by atoms with Crippen molar-refractivity contribution < 1.29 is 9.18 Å². The van der Waals surface area contributed by atoms with Gasteiger partial charge in [-0.1, -0.05) is 22.7 Å². The summed E-state index contributed by atoms with van der Waals surface area (Å²) in [6, 6.07) is 9.67. The highest BCUT2D eigenvalue weighted by molar-refractivity contribution is 7.10. The van der Waals surface area contributed by atoms with E-state index in [0.29, 0.717) is 10.6 Å². The molecule has 0 aliphatic rings. The van der Waals surface area contributed by atoms with Crippen molar-refractivity contribution in [2.24, 2.45) is 0 Å². The van der Waals surface area contributed by atoms with Gasteiger partial charge in [0.2, 0.25) is 0 Å². The average Bonchev–Trinajstić information content (AvgIpc) is 3.17. The molecule has 2 heterocycles. The van der Waals surface area contributed by atoms with Crippen molar-refractivity contribution >= 4 is 28.8 Å². The van der Waals surface area contributed by atoms with Crippen molar-refractivity contribution in [3.8, 4) is 0 Å². The monoisotopic (exact) mass is 333 g/mol. The molecule has 3 rings (SSSR count). The van der Waals surface area contributed by atoms with Crippen molar-refractivity contribution in [2.45, 2.75) is 13.0 Å². The molecule has 0 aliphatic heterocycles. The van der Waals surface area contributed by atoms with Crippen LogP contribution in [0.1, 0.15) is 31.8 Å². The topological polar surface area (TPSA) is 54.9 Å². The second-order valence-corrected chi connectivity index (χ2v) is 6.39. The lowest BCUT2D eigenvalue weighted by atomic mass is 10.1. The van der Waals surface area contributed by atoms with Gasteiger partial charge in [-0.25, -0.2) is 4.39 Å². The standard InChI is InChI=1S/C15H12FN3OS2/c1-9-14(22-19-18-9)15(20)17-13(12-3-2-8-21-12)10-4-6-11(16)7-5-10/h2-8,13H,1H3,(H,17,20). The smallest absolute Gasteiger partial charge is 0.265 e. The molecule has 1 amide bonds. The van der Waals surface area contributed by atoms with E-state index in [1.54, 1.807) is 19.1 Å². The van der Waals surface area contributed by atoms with Gasteiger partial charge in [0.25, 0.3) is 5.91 Å². The zero-order chi connectivity index (χ0) is 15.5. The highest BCUT2D eigenvalue weighted by Crippen LogP contribution is 2.27. The summed E-state index contributed by atoms with van der Waals surface area (Å²) in [7, 11) is 0. The normalized spacial score (nSPS) is 12.1. The molecule has 0 saturated carbocycles. The van der Waals surface area contributed by atoms with Gasteiger partial charge < -0.3 is 5.32 Å². The maximum absolute atomic E-state index is 13.1. The molecule has 2 aromatic heterocycles. The van der Waals surface area contributed by atoms with Gasteiger partial charge >= 0.3 is 0 Å². The molecule has 0 fully saturated rings. The first-order valence-corrected chi connectivity index (χ1v) is 8.19. The van der Waals surface area contributed by atoms with Crippen molar-refractivity contribution in [1.29, 1.82) is 0 Å². The lowest BCUT2D eigenvalue weighted by molar-refractivity contribution is 0.0947. The van der Waals surface area contributed by atoms with E-state index in [4.69, 9.17) is 0 Å². The Balaban J connectivity index is 1.91. The van der Waals surface area contributed by atoms with Crippen LogP contribution in [0.5, 0.6) is 0 Å². The average molecular weight is 333 g/mol. The van der Waals surface area contributed by atoms with Gasteiger partial charge in [0.05, 0.1) is 11.7 Å². The van der Waals surface area contributed by atoms with E-state index >= 15 is 0 Å². The molecule has 0 aliphatic carbocycles. The van der Waals surface area contributed by atoms with Crippen molar-refractivity contribution in [3.05, 3.63) is 68.6 Å². The summed E-state index contributed by atoms with van der Waals surface area (Å²) in [6.45, 7) is 1.75. The van der Waals surface area contributed by atoms with E-state index in [2.05, 4.69) is 14.9 Å². The van der Waals surface area contributed by atoms with E-state index in [1.807, 2.05) is 17.5 Å². The van der Waals surface area contributed by atoms with Crippen LogP contribution >= 0.6 is 22.9 Å². The summed E-state index contributed by atoms with van der Waals surface area (Å²) in [4.78, 5) is 13.9. The predicted molar refractivity (Wildman–Crippen MR) is 84.7 cm³/mol. The Morgan fingerprint density at radius 3 is 2.64 bits per heavy atom. The van der Waals surface area contributed by atoms with Crippen LogP contribution in [0, 0.1) is 12.7 Å². The number of carbonyl (C=O) groups is 1. The van der Waals surface area contributed by atoms with Crippen LogP contribution < -0.4 is 5.32 Å². The maximum atomic E-state index is 13.1. The number of nitrogens with one attached hydrogen (secondary N) is 1. The Morgan fingerprint density at radius 1 is 1.27 bits per heavy atom. The summed E-state index contributed by atoms with van der Waals surface area (Å²) in [5.41, 5.74) is 1.43. The number of nitrogens with zero attached hydrogens (tertiary/aromatic N) is 2. The molecule has 0 radical (unpaired) electrons. The van der Waals surface area contributed by atoms with Crippen LogP contribution in [0.2, 0.25) is 0 Å². The molecule has 4 nitrogen and oxygen atoms in total. The van der Waals surface area contributed by atoms with Gasteiger partial charge in [0, 0.05) is 4.88 Å². The Morgan fingerprint density at radius 2 is 2.05 bits per heavy atom. The minimum atomic E-state index is -0.324. The van der Waals surface area contributed by atoms with Gasteiger partial charge in [-0.15, -0.1) is 16.4 Å². The van der Waals surface area contributed by atoms with Crippen LogP contribution in [0.25, 0.3) is 0 Å². The van der Waals surface area contributed by atoms with Crippen molar-refractivity contribution in [2.75, 3.05) is 0 Å². The van der Waals surface area contributed by atoms with Crippen molar-refractivity contribution in [1.82, 2.24) is 14.9 Å². The zero-order valence-corrected chi connectivity index (χ0v) is 13.2. The number of carbonyl (C=O) groups excluding carboxylic acids is 1. The fourth-order valence-electron chi connectivity index (χ4n) is 2.07. The number of benzene rings is 1. The molecule has 1 atom stereocenters. The number of hydrogen-bond acceptors (Lipinski definition) is 5. The van der Waals surface area contributed by atoms with E-state index in [0.717, 1.165) is 22.0 Å². The summed E-state index contributed by atoms with van der Waals surface area (Å²) >= 11 is 2.60. The molecule has 1 unspecified atom stereocenters. The quantitative estimate of drug-likeness (QED) is 0.794. The number of thiophene rings is 1. The number of halogens is 1. The first-order chi connectivity index (χ1) is 10.6. The number of aromatic nitrogens is 2. The molecule has 0 spiro atoms. The molecule has 0 bridgehead atoms. The first kappa shape index (κ1) is 14.8. The van der Waals surface area contributed by atoms with Crippen LogP contribution in [-0.2, 0) is 0 Å². The number of hydrogen-bond donors (Lipinski definition) is 1. The van der Waals surface area contributed by atoms with Crippen LogP contribution in [0.15, 0.2) is 41.8 Å². The highest BCUT2D eigenvalue weighted by Gasteiger charge is 2.21. The summed E-state index contributed by atoms with van der Waals surface area (Å²) in [5, 5.41) is 8.77. The van der Waals surface area contributed by atoms with Gasteiger partial charge in [-0.2, -0.15) is 0 Å². The summed E-state index contributed by atoms with van der Waals surface area (Å²) in [5.74, 6) is -0.530. The Hall–Kier alpha value is -2.12. The Labute approximate surface area is 134 Å². The zero-order valence-electron chi connectivity index (χ0n) is 11.6. The van der Waals surface area contributed by atoms with Crippen LogP contribution in [0.4, 0.5) is 4.39 Å². The van der Waals surface area contributed by atoms with E-state index in [9.17, 15) is 9.18 Å². The van der Waals surface area contributed by atoms with Crippen LogP contribution in [-0.4, -0.2) is 15.5 Å². The second kappa shape index (κ2) is 6.33. The molecular formula is C15H12FN3OS2. The molecule has 1 aromatic carbocycles. The lowest BCUT2D eigenvalue weighted by Crippen LogP contribution is -2.28. The molecule has 7 heteroatoms. The fourth-order valence-corrected chi connectivity index (χ4v) is 3.43. The third-order valence-electron chi connectivity index (χ3n) is 3.16. The summed E-state index contributed by atoms with van der Waals surface area (Å²) in [6.07, 6.45) is 0. The van der Waals surface area contributed by atoms with E-state index in [1.165, 1.54) is 23.5 Å². The van der Waals surface area contributed by atoms with Crippen molar-refractivity contribution in [3.63, 3.8) is 0 Å². The Bertz CT molecular complexity index is 768. The lowest BCUT2D eigenvalue weighted by Gasteiger charge is -2.17. The van der Waals surface area contributed by atoms with Gasteiger partial charge in [0.15, 0.2) is 0 Å². The number of rotatable bonds is 4. The third-order valence-corrected chi connectivity index (χ3v) is 4.93. The number of aryl methyl sites for hydroxylation is 1. The number of amides is 1. The molecule has 0 saturated heterocycles. The molecule has 22 heavy (non-hydrogen) atoms. The first-order valence-electron chi connectivity index (χ1n) is 6.54. The van der Waals surface area contributed by atoms with Crippen LogP contribution in [0.3, 0.4) is 0 Å². The molecular weight excluding hydrogens is 321 g/mol. The third kappa shape index (κ3) is 3.05. The van der Waals surface area contributed by atoms with Gasteiger partial charge in [-0.3, -0.25) is 4.79 Å². The largest absolute Gasteiger partial charge is 0.339 e. The molecule has 112 valence electrons. The second-order valence-electron chi connectivity index (χ2n) is 4.66. The van der Waals surface area contributed by atoms with E-state index in [-0.39, 0.29) is 17.8 Å². The SMILES string of the molecule is Cc1nnsc1C(=O)NC(c1ccc(F)cc1)c1cccs1. The van der Waals surface area contributed by atoms with E-state index < -0.39 is 0 Å². The molecule has 1 N–H and O–H groups in total. The van der Waals surface area contributed by atoms with Gasteiger partial charge in [0.1, 0.15) is 10.7 Å². The maximum Gasteiger partial charge on any atom is 0.265 e. The predicted octanol–water partition coefficient (Wildman–Crippen LogP) is 3.57. The fraction of sp³-hybridized carbons (Fsp3) is 0.133. The minimum Gasteiger partial charge on any atom is -0.339 e. The van der Waals surface area contributed by atoms with Gasteiger partial charge in [-0.05, 0) is 47.6 Å². The Kier molecular flexibility index (Phi) is 4.26. The summed E-state index contributed by atoms with van der Waals surface area (Å²) < 4.78 is 16.9. The molecule has 3 aromatic rings. The minimum absolute atomic E-state index is 0.227. The highest BCUT2D eigenvalue weighted by atomic mass is 32.1.